The van der Waals surface area contributed by atoms with E-state index in [1.807, 2.05) is 31.2 Å². The number of nitrogens with zero attached hydrogens (tertiary/aromatic N) is 2. The average molecular weight is 450 g/mol. The Morgan fingerprint density at radius 2 is 1.80 bits per heavy atom. The number of hydrogen-bond donors (Lipinski definition) is 1. The molecule has 2 amide bonds. The first-order valence-electron chi connectivity index (χ1n) is 10.4. The van der Waals surface area contributed by atoms with Crippen molar-refractivity contribution in [3.63, 3.8) is 0 Å². The van der Waals surface area contributed by atoms with Crippen molar-refractivity contribution in [2.75, 3.05) is 7.05 Å². The first kappa shape index (κ1) is 21.5. The zero-order valence-corrected chi connectivity index (χ0v) is 18.8. The predicted octanol–water partition coefficient (Wildman–Crippen LogP) is 3.36. The molecule has 4 saturated carbocycles. The van der Waals surface area contributed by atoms with Crippen molar-refractivity contribution in [1.29, 1.82) is 0 Å². The molecule has 0 saturated heterocycles. The monoisotopic (exact) mass is 449 g/mol. The number of rotatable bonds is 5. The summed E-state index contributed by atoms with van der Waals surface area (Å²) in [6.07, 6.45) is 4.31. The van der Waals surface area contributed by atoms with Gasteiger partial charge in [0.15, 0.2) is 0 Å². The topological polar surface area (TPSA) is 95.9 Å². The molecule has 7 nitrogen and oxygen atoms in total. The van der Waals surface area contributed by atoms with Crippen molar-refractivity contribution >= 4 is 33.6 Å². The number of hydrogen-bond acceptors (Lipinski definition) is 7. The highest BCUT2D eigenvalue weighted by Crippen LogP contribution is 2.59. The van der Waals surface area contributed by atoms with E-state index >= 15 is 0 Å². The molecule has 4 bridgehead atoms. The third-order valence-corrected chi connectivity index (χ3v) is 7.97. The minimum Gasteiger partial charge on any atom is -0.274 e. The SMILES string of the molecule is CNSC(=O)N(C(=O)Cc1ccc(C)cc1)C1C2CC3CC(C2)CC1(N=S(=O)=O)C3. The van der Waals surface area contributed by atoms with Crippen molar-refractivity contribution in [3.8, 4) is 0 Å². The van der Waals surface area contributed by atoms with Gasteiger partial charge in [-0.2, -0.15) is 12.8 Å². The van der Waals surface area contributed by atoms with Gasteiger partial charge < -0.3 is 0 Å². The predicted molar refractivity (Wildman–Crippen MR) is 115 cm³/mol. The van der Waals surface area contributed by atoms with Gasteiger partial charge in [0.1, 0.15) is 0 Å². The molecule has 9 heteroatoms. The number of nitrogens with one attached hydrogen (secondary N) is 1. The summed E-state index contributed by atoms with van der Waals surface area (Å²) in [4.78, 5) is 27.9. The van der Waals surface area contributed by atoms with Crippen molar-refractivity contribution < 1.29 is 18.0 Å². The number of carbonyl (C=O) groups excluding carboxylic acids is 2. The van der Waals surface area contributed by atoms with Crippen LogP contribution in [0.3, 0.4) is 0 Å². The largest absolute Gasteiger partial charge is 0.311 e. The van der Waals surface area contributed by atoms with E-state index in [4.69, 9.17) is 0 Å². The van der Waals surface area contributed by atoms with Crippen molar-refractivity contribution in [2.45, 2.75) is 57.0 Å². The highest BCUT2D eigenvalue weighted by atomic mass is 32.2. The molecule has 1 N–H and O–H groups in total. The summed E-state index contributed by atoms with van der Waals surface area (Å²) in [5, 5.41) is -0.390. The minimum absolute atomic E-state index is 0.100. The van der Waals surface area contributed by atoms with Gasteiger partial charge in [0.2, 0.25) is 5.91 Å². The van der Waals surface area contributed by atoms with E-state index in [1.165, 1.54) is 4.90 Å². The lowest BCUT2D eigenvalue weighted by Gasteiger charge is -2.60. The van der Waals surface area contributed by atoms with Gasteiger partial charge in [-0.05, 0) is 69.4 Å². The normalized spacial score (nSPS) is 31.4. The maximum atomic E-state index is 13.4. The Morgan fingerprint density at radius 3 is 2.37 bits per heavy atom. The molecule has 0 aliphatic heterocycles. The molecule has 3 unspecified atom stereocenters. The zero-order valence-electron chi connectivity index (χ0n) is 17.2. The van der Waals surface area contributed by atoms with E-state index in [9.17, 15) is 18.0 Å². The molecule has 0 heterocycles. The zero-order chi connectivity index (χ0) is 21.5. The van der Waals surface area contributed by atoms with Crippen LogP contribution in [-0.4, -0.2) is 43.1 Å². The first-order valence-corrected chi connectivity index (χ1v) is 12.2. The molecule has 162 valence electrons. The van der Waals surface area contributed by atoms with Gasteiger partial charge in [0, 0.05) is 11.9 Å². The van der Waals surface area contributed by atoms with E-state index in [1.54, 1.807) is 7.05 Å². The Labute approximate surface area is 182 Å². The summed E-state index contributed by atoms with van der Waals surface area (Å²) >= 11 is 0.863. The second-order valence-electron chi connectivity index (χ2n) is 8.96. The van der Waals surface area contributed by atoms with Gasteiger partial charge >= 0.3 is 15.7 Å². The smallest absolute Gasteiger partial charge is 0.274 e. The van der Waals surface area contributed by atoms with Crippen LogP contribution in [0.1, 0.15) is 43.2 Å². The number of imide groups is 1. The molecule has 30 heavy (non-hydrogen) atoms. The van der Waals surface area contributed by atoms with Crippen molar-refractivity contribution in [2.24, 2.45) is 22.1 Å². The van der Waals surface area contributed by atoms with Gasteiger partial charge in [-0.15, -0.1) is 0 Å². The molecular weight excluding hydrogens is 422 g/mol. The second-order valence-corrected chi connectivity index (χ2v) is 10.5. The summed E-state index contributed by atoms with van der Waals surface area (Å²) in [5.41, 5.74) is 1.05. The van der Waals surface area contributed by atoms with Crippen molar-refractivity contribution in [1.82, 2.24) is 9.62 Å². The number of amides is 2. The lowest BCUT2D eigenvalue weighted by Crippen LogP contribution is -2.67. The van der Waals surface area contributed by atoms with Crippen LogP contribution in [0.5, 0.6) is 0 Å². The Hall–Kier alpha value is -1.71. The van der Waals surface area contributed by atoms with Crippen molar-refractivity contribution in [3.05, 3.63) is 35.4 Å². The third kappa shape index (κ3) is 4.07. The molecule has 0 spiro atoms. The van der Waals surface area contributed by atoms with Crippen LogP contribution >= 0.6 is 11.9 Å². The number of benzene rings is 1. The lowest BCUT2D eigenvalue weighted by molar-refractivity contribution is -0.138. The molecule has 3 atom stereocenters. The number of carbonyl (C=O) groups is 2. The molecular formula is C21H27N3O4S2. The summed E-state index contributed by atoms with van der Waals surface area (Å²) in [5.74, 6) is 0.654. The summed E-state index contributed by atoms with van der Waals surface area (Å²) < 4.78 is 30.3. The highest BCUT2D eigenvalue weighted by molar-refractivity contribution is 8.11. The van der Waals surface area contributed by atoms with Gasteiger partial charge in [0.25, 0.3) is 0 Å². The van der Waals surface area contributed by atoms with Gasteiger partial charge in [-0.1, -0.05) is 29.8 Å². The minimum atomic E-state index is -2.58. The molecule has 1 aromatic rings. The van der Waals surface area contributed by atoms with Crippen LogP contribution in [-0.2, 0) is 21.7 Å². The molecule has 4 aliphatic rings. The van der Waals surface area contributed by atoms with E-state index in [-0.39, 0.29) is 18.2 Å². The van der Waals surface area contributed by atoms with Crippen LogP contribution in [0.15, 0.2) is 28.6 Å². The molecule has 1 aromatic carbocycles. The molecule has 4 fully saturated rings. The van der Waals surface area contributed by atoms with Crippen LogP contribution in [0.25, 0.3) is 0 Å². The Kier molecular flexibility index (Phi) is 6.05. The standard InChI is InChI=1S/C21H27N3O4S2/c1-13-3-5-14(6-4-13)10-18(25)24(20(26)29-22-2)19-17-8-15-7-16(9-17)12-21(19,11-15)23-30(27)28/h3-6,15-17,19,22H,7-12H2,1-2H3. The van der Waals surface area contributed by atoms with E-state index < -0.39 is 27.3 Å². The summed E-state index contributed by atoms with van der Waals surface area (Å²) in [7, 11) is -0.949. The molecule has 0 radical (unpaired) electrons. The average Bonchev–Trinajstić information content (AvgIpc) is 2.65. The summed E-state index contributed by atoms with van der Waals surface area (Å²) in [6.45, 7) is 1.98. The Morgan fingerprint density at radius 1 is 1.17 bits per heavy atom. The van der Waals surface area contributed by atoms with Crippen LogP contribution in [0.2, 0.25) is 0 Å². The van der Waals surface area contributed by atoms with Crippen LogP contribution in [0.4, 0.5) is 4.79 Å². The van der Waals surface area contributed by atoms with Gasteiger partial charge in [0.05, 0.1) is 18.0 Å². The maximum absolute atomic E-state index is 13.4. The molecule has 5 rings (SSSR count). The van der Waals surface area contributed by atoms with Gasteiger partial charge in [-0.3, -0.25) is 19.2 Å². The third-order valence-electron chi connectivity index (χ3n) is 6.89. The highest BCUT2D eigenvalue weighted by Gasteiger charge is 2.61. The molecule has 0 aromatic heterocycles. The quantitative estimate of drug-likeness (QED) is 0.693. The fourth-order valence-electron chi connectivity index (χ4n) is 6.17. The Bertz CT molecular complexity index is 954. The van der Waals surface area contributed by atoms with Crippen LogP contribution in [0, 0.1) is 24.7 Å². The maximum Gasteiger partial charge on any atom is 0.311 e. The fraction of sp³-hybridized carbons (Fsp3) is 0.619. The molecule has 4 aliphatic carbocycles. The number of aryl methyl sites for hydroxylation is 1. The lowest BCUT2D eigenvalue weighted by atomic mass is 9.50. The van der Waals surface area contributed by atoms with E-state index in [2.05, 4.69) is 9.08 Å². The van der Waals surface area contributed by atoms with E-state index in [0.29, 0.717) is 24.7 Å². The van der Waals surface area contributed by atoms with Crippen LogP contribution < -0.4 is 4.72 Å². The second kappa shape index (κ2) is 8.43. The Balaban J connectivity index is 1.72. The van der Waals surface area contributed by atoms with Gasteiger partial charge in [-0.25, -0.2) is 0 Å². The fourth-order valence-corrected chi connectivity index (χ4v) is 7.21. The summed E-state index contributed by atoms with van der Waals surface area (Å²) in [6, 6.07) is 7.17. The first-order chi connectivity index (χ1) is 14.3. The van der Waals surface area contributed by atoms with E-state index in [0.717, 1.165) is 42.3 Å².